The molecule has 2 aromatic carbocycles. The molecule has 6 nitrogen and oxygen atoms in total. The lowest BCUT2D eigenvalue weighted by Gasteiger charge is -2.00. The molecule has 0 fully saturated rings. The number of rotatable bonds is 6. The minimum absolute atomic E-state index is 0.00306. The summed E-state index contributed by atoms with van der Waals surface area (Å²) < 4.78 is 5.75. The van der Waals surface area contributed by atoms with Gasteiger partial charge in [-0.15, -0.1) is 5.10 Å². The van der Waals surface area contributed by atoms with Gasteiger partial charge in [0.05, 0.1) is 10.0 Å². The number of hydrogen-bond donors (Lipinski definition) is 2. The van der Waals surface area contributed by atoms with Crippen molar-refractivity contribution in [1.82, 2.24) is 15.2 Å². The zero-order chi connectivity index (χ0) is 22.0. The number of thioether (sulfide) groups is 1. The second kappa shape index (κ2) is 9.20. The molecule has 0 aliphatic heterocycles. The van der Waals surface area contributed by atoms with Gasteiger partial charge in [0.15, 0.2) is 5.82 Å². The quantitative estimate of drug-likeness (QED) is 0.224. The molecule has 2 aromatic heterocycles. The van der Waals surface area contributed by atoms with Crippen LogP contribution in [0, 0.1) is 0 Å². The van der Waals surface area contributed by atoms with Gasteiger partial charge in [-0.1, -0.05) is 34.8 Å². The topological polar surface area (TPSA) is 92.0 Å². The highest BCUT2D eigenvalue weighted by Crippen LogP contribution is 2.32. The number of aliphatic carboxylic acids is 1. The van der Waals surface area contributed by atoms with E-state index < -0.39 is 5.97 Å². The number of carboxylic acid groups (broad SMARTS) is 1. The van der Waals surface area contributed by atoms with E-state index in [-0.39, 0.29) is 10.1 Å². The van der Waals surface area contributed by atoms with E-state index >= 15 is 0 Å². The van der Waals surface area contributed by atoms with Crippen LogP contribution in [0.5, 0.6) is 0 Å². The molecule has 10 heteroatoms. The zero-order valence-corrected chi connectivity index (χ0v) is 18.6. The second-order valence-corrected chi connectivity index (χ2v) is 8.48. The van der Waals surface area contributed by atoms with Gasteiger partial charge in [0, 0.05) is 22.2 Å². The molecular weight excluding hydrogens is 481 g/mol. The maximum absolute atomic E-state index is 11.7. The van der Waals surface area contributed by atoms with E-state index in [1.165, 1.54) is 6.08 Å². The van der Waals surface area contributed by atoms with Crippen molar-refractivity contribution in [2.45, 2.75) is 5.16 Å². The van der Waals surface area contributed by atoms with Crippen LogP contribution in [0.4, 0.5) is 0 Å². The monoisotopic (exact) mass is 491 g/mol. The van der Waals surface area contributed by atoms with Crippen LogP contribution in [0.3, 0.4) is 0 Å². The number of aromatic amines is 1. The summed E-state index contributed by atoms with van der Waals surface area (Å²) in [5, 5.41) is 18.2. The van der Waals surface area contributed by atoms with Crippen LogP contribution in [0.2, 0.25) is 15.1 Å². The largest absolute Gasteiger partial charge is 0.477 e. The van der Waals surface area contributed by atoms with Gasteiger partial charge in [-0.3, -0.25) is 5.10 Å². The molecule has 0 saturated carbocycles. The van der Waals surface area contributed by atoms with E-state index in [2.05, 4.69) is 15.2 Å². The summed E-state index contributed by atoms with van der Waals surface area (Å²) in [6.45, 7) is 0. The number of halogens is 3. The van der Waals surface area contributed by atoms with Crippen molar-refractivity contribution in [3.8, 4) is 22.7 Å². The molecule has 0 aliphatic rings. The lowest BCUT2D eigenvalue weighted by molar-refractivity contribution is -0.131. The zero-order valence-electron chi connectivity index (χ0n) is 15.5. The van der Waals surface area contributed by atoms with Gasteiger partial charge in [0.1, 0.15) is 16.4 Å². The molecule has 4 aromatic rings. The molecule has 2 N–H and O–H groups in total. The summed E-state index contributed by atoms with van der Waals surface area (Å²) in [6, 6.07) is 15.5. The lowest BCUT2D eigenvalue weighted by Crippen LogP contribution is -1.97. The van der Waals surface area contributed by atoms with E-state index in [0.717, 1.165) is 22.9 Å². The molecule has 0 aliphatic carbocycles. The first-order valence-electron chi connectivity index (χ1n) is 8.75. The molecule has 0 unspecified atom stereocenters. The van der Waals surface area contributed by atoms with Gasteiger partial charge in [-0.05, 0) is 66.4 Å². The summed E-state index contributed by atoms with van der Waals surface area (Å²) in [6.07, 6.45) is 1.41. The van der Waals surface area contributed by atoms with E-state index in [1.807, 2.05) is 0 Å². The van der Waals surface area contributed by atoms with Gasteiger partial charge < -0.3 is 9.52 Å². The molecule has 0 bridgehead atoms. The molecule has 31 heavy (non-hydrogen) atoms. The van der Waals surface area contributed by atoms with Crippen LogP contribution in [-0.2, 0) is 4.79 Å². The maximum atomic E-state index is 11.7. The van der Waals surface area contributed by atoms with Gasteiger partial charge in [0.25, 0.3) is 0 Å². The number of carboxylic acids is 1. The number of nitrogens with zero attached hydrogens (tertiary/aromatic N) is 2. The van der Waals surface area contributed by atoms with Crippen LogP contribution in [-0.4, -0.2) is 26.3 Å². The summed E-state index contributed by atoms with van der Waals surface area (Å²) in [4.78, 5) is 16.1. The number of carbonyl (C=O) groups is 1. The van der Waals surface area contributed by atoms with Crippen LogP contribution >= 0.6 is 46.6 Å². The third-order valence-electron chi connectivity index (χ3n) is 4.10. The van der Waals surface area contributed by atoms with E-state index in [0.29, 0.717) is 32.4 Å². The molecule has 0 amide bonds. The average Bonchev–Trinajstić information content (AvgIpc) is 3.40. The second-order valence-electron chi connectivity index (χ2n) is 6.22. The maximum Gasteiger partial charge on any atom is 0.342 e. The fourth-order valence-electron chi connectivity index (χ4n) is 2.63. The van der Waals surface area contributed by atoms with Gasteiger partial charge in [-0.25, -0.2) is 9.78 Å². The predicted molar refractivity (Wildman–Crippen MR) is 122 cm³/mol. The van der Waals surface area contributed by atoms with Gasteiger partial charge in [-0.2, -0.15) is 0 Å². The number of aromatic nitrogens is 3. The number of benzene rings is 2. The van der Waals surface area contributed by atoms with Crippen molar-refractivity contribution in [1.29, 1.82) is 0 Å². The van der Waals surface area contributed by atoms with E-state index in [4.69, 9.17) is 39.2 Å². The summed E-state index contributed by atoms with van der Waals surface area (Å²) in [7, 11) is 0. The Labute approximate surface area is 195 Å². The molecule has 0 spiro atoms. The Morgan fingerprint density at radius 1 is 1.00 bits per heavy atom. The normalized spacial score (nSPS) is 11.6. The molecule has 0 atom stereocenters. The average molecular weight is 493 g/mol. The van der Waals surface area contributed by atoms with Crippen LogP contribution in [0.25, 0.3) is 28.8 Å². The fraction of sp³-hybridized carbons (Fsp3) is 0. The highest BCUT2D eigenvalue weighted by Gasteiger charge is 2.16. The standard InChI is InChI=1S/C21H12Cl3N3O3S/c22-13-4-1-11(2-5-13)19-25-21(27-26-19)31-18(20(28)29)10-14-6-8-17(30-14)12-3-7-15(23)16(24)9-12/h1-10H,(H,28,29)(H,25,26,27)/b18-10-. The van der Waals surface area contributed by atoms with Gasteiger partial charge in [0.2, 0.25) is 5.16 Å². The highest BCUT2D eigenvalue weighted by molar-refractivity contribution is 8.04. The van der Waals surface area contributed by atoms with Crippen molar-refractivity contribution in [3.05, 3.63) is 80.3 Å². The Morgan fingerprint density at radius 3 is 2.45 bits per heavy atom. The molecule has 0 radical (unpaired) electrons. The number of H-pyrrole nitrogens is 1. The number of furan rings is 1. The summed E-state index contributed by atoms with van der Waals surface area (Å²) in [5.41, 5.74) is 1.50. The van der Waals surface area contributed by atoms with Crippen LogP contribution < -0.4 is 0 Å². The van der Waals surface area contributed by atoms with Crippen molar-refractivity contribution in [3.63, 3.8) is 0 Å². The minimum Gasteiger partial charge on any atom is -0.477 e. The smallest absolute Gasteiger partial charge is 0.342 e. The Bertz CT molecular complexity index is 1280. The lowest BCUT2D eigenvalue weighted by atomic mass is 10.2. The molecule has 4 rings (SSSR count). The van der Waals surface area contributed by atoms with Crippen molar-refractivity contribution >= 4 is 58.6 Å². The molecule has 156 valence electrons. The minimum atomic E-state index is -1.13. The highest BCUT2D eigenvalue weighted by atomic mass is 35.5. The SMILES string of the molecule is O=C(O)/C(=C/c1ccc(-c2ccc(Cl)c(Cl)c2)o1)Sc1n[nH]c(-c2ccc(Cl)cc2)n1. The molecule has 0 saturated heterocycles. The summed E-state index contributed by atoms with van der Waals surface area (Å²) in [5.74, 6) is 0.265. The first-order valence-corrected chi connectivity index (χ1v) is 10.7. The Kier molecular flexibility index (Phi) is 6.38. The predicted octanol–water partition coefficient (Wildman–Crippen LogP) is 6.91. The van der Waals surface area contributed by atoms with E-state index in [9.17, 15) is 9.90 Å². The first kappa shape index (κ1) is 21.5. The Balaban J connectivity index is 1.56. The van der Waals surface area contributed by atoms with Gasteiger partial charge >= 0.3 is 5.97 Å². The Morgan fingerprint density at radius 2 is 1.74 bits per heavy atom. The third-order valence-corrected chi connectivity index (χ3v) is 5.97. The Hall–Kier alpha value is -2.71. The van der Waals surface area contributed by atoms with Crippen molar-refractivity contribution < 1.29 is 14.3 Å². The van der Waals surface area contributed by atoms with Crippen LogP contribution in [0.15, 0.2) is 69.1 Å². The number of nitrogens with one attached hydrogen (secondary N) is 1. The summed E-state index contributed by atoms with van der Waals surface area (Å²) >= 11 is 18.8. The third kappa shape index (κ3) is 5.14. The van der Waals surface area contributed by atoms with Crippen LogP contribution in [0.1, 0.15) is 5.76 Å². The molecule has 2 heterocycles. The first-order chi connectivity index (χ1) is 14.9. The van der Waals surface area contributed by atoms with Crippen molar-refractivity contribution in [2.24, 2.45) is 0 Å². The van der Waals surface area contributed by atoms with Crippen molar-refractivity contribution in [2.75, 3.05) is 0 Å². The fourth-order valence-corrected chi connectivity index (χ4v) is 3.74. The molecular formula is C21H12Cl3N3O3S. The number of hydrogen-bond acceptors (Lipinski definition) is 5. The van der Waals surface area contributed by atoms with E-state index in [1.54, 1.807) is 54.6 Å².